The summed E-state index contributed by atoms with van der Waals surface area (Å²) < 4.78 is 0. The van der Waals surface area contributed by atoms with E-state index in [1.54, 1.807) is 0 Å². The number of hydrazine groups is 1. The van der Waals surface area contributed by atoms with E-state index in [0.29, 0.717) is 18.1 Å². The normalized spacial score (nSPS) is 11.4. The van der Waals surface area contributed by atoms with Crippen LogP contribution in [0.2, 0.25) is 0 Å². The van der Waals surface area contributed by atoms with Crippen molar-refractivity contribution in [1.29, 1.82) is 0 Å². The maximum absolute atomic E-state index is 10.9. The van der Waals surface area contributed by atoms with Gasteiger partial charge in [-0.25, -0.2) is 0 Å². The SMILES string of the molecule is CCN(CC)/[N+]([O-])=N/OCCO. The molecule has 0 rings (SSSR count). The second-order valence-electron chi connectivity index (χ2n) is 2.03. The molecule has 0 saturated carbocycles. The van der Waals surface area contributed by atoms with Crippen LogP contribution in [0.5, 0.6) is 0 Å². The first kappa shape index (κ1) is 11.0. The number of rotatable bonds is 6. The molecule has 6 nitrogen and oxygen atoms in total. The zero-order valence-electron chi connectivity index (χ0n) is 7.43. The van der Waals surface area contributed by atoms with E-state index in [-0.39, 0.29) is 13.2 Å². The Balaban J connectivity index is 3.79. The van der Waals surface area contributed by atoms with Crippen molar-refractivity contribution in [3.8, 4) is 0 Å². The molecule has 0 unspecified atom stereocenters. The van der Waals surface area contributed by atoms with Crippen LogP contribution in [0.15, 0.2) is 5.28 Å². The molecule has 1 N–H and O–H groups in total. The van der Waals surface area contributed by atoms with Crippen molar-refractivity contribution in [2.75, 3.05) is 26.3 Å². The van der Waals surface area contributed by atoms with Gasteiger partial charge in [0.05, 0.1) is 24.7 Å². The Kier molecular flexibility index (Phi) is 6.08. The molecule has 0 aromatic rings. The molecule has 72 valence electrons. The minimum atomic E-state index is -0.143. The van der Waals surface area contributed by atoms with E-state index in [4.69, 9.17) is 5.11 Å². The van der Waals surface area contributed by atoms with E-state index < -0.39 is 0 Å². The fourth-order valence-electron chi connectivity index (χ4n) is 0.648. The van der Waals surface area contributed by atoms with Crippen LogP contribution in [0.1, 0.15) is 13.8 Å². The lowest BCUT2D eigenvalue weighted by Gasteiger charge is -2.12. The fourth-order valence-corrected chi connectivity index (χ4v) is 0.648. The largest absolute Gasteiger partial charge is 0.569 e. The summed E-state index contributed by atoms with van der Waals surface area (Å²) in [6.45, 7) is 4.74. The van der Waals surface area contributed by atoms with Crippen molar-refractivity contribution in [2.45, 2.75) is 13.8 Å². The van der Waals surface area contributed by atoms with E-state index in [2.05, 4.69) is 10.1 Å². The third kappa shape index (κ3) is 3.97. The number of hydrogen-bond donors (Lipinski definition) is 1. The molecule has 0 bridgehead atoms. The third-order valence-corrected chi connectivity index (χ3v) is 1.28. The van der Waals surface area contributed by atoms with Crippen LogP contribution in [0.4, 0.5) is 0 Å². The van der Waals surface area contributed by atoms with E-state index in [1.807, 2.05) is 13.8 Å². The first-order valence-corrected chi connectivity index (χ1v) is 3.92. The molecule has 0 aliphatic carbocycles. The van der Waals surface area contributed by atoms with Crippen LogP contribution in [0.25, 0.3) is 0 Å². The van der Waals surface area contributed by atoms with Gasteiger partial charge >= 0.3 is 0 Å². The van der Waals surface area contributed by atoms with Gasteiger partial charge in [0.1, 0.15) is 6.61 Å². The van der Waals surface area contributed by atoms with Crippen LogP contribution in [-0.4, -0.2) is 41.4 Å². The molecule has 0 amide bonds. The van der Waals surface area contributed by atoms with Crippen LogP contribution in [0, 0.1) is 5.21 Å². The van der Waals surface area contributed by atoms with Crippen LogP contribution < -0.4 is 0 Å². The molecule has 0 aliphatic rings. The Morgan fingerprint density at radius 3 is 2.50 bits per heavy atom. The summed E-state index contributed by atoms with van der Waals surface area (Å²) in [6.07, 6.45) is 0. The minimum Gasteiger partial charge on any atom is -0.569 e. The van der Waals surface area contributed by atoms with Crippen molar-refractivity contribution in [3.05, 3.63) is 5.21 Å². The van der Waals surface area contributed by atoms with Gasteiger partial charge in [-0.2, -0.15) is 0 Å². The van der Waals surface area contributed by atoms with Crippen molar-refractivity contribution in [1.82, 2.24) is 5.01 Å². The Labute approximate surface area is 71.6 Å². The summed E-state index contributed by atoms with van der Waals surface area (Å²) in [5, 5.41) is 23.9. The second-order valence-corrected chi connectivity index (χ2v) is 2.03. The lowest BCUT2D eigenvalue weighted by atomic mass is 10.6. The Hall–Kier alpha value is -1.04. The van der Waals surface area contributed by atoms with Gasteiger partial charge in [0, 0.05) is 0 Å². The monoisotopic (exact) mass is 177 g/mol. The molecule has 0 aromatic heterocycles. The maximum Gasteiger partial charge on any atom is 0.233 e. The van der Waals surface area contributed by atoms with E-state index in [0.717, 1.165) is 0 Å². The van der Waals surface area contributed by atoms with Gasteiger partial charge in [0.2, 0.25) is 5.28 Å². The predicted molar refractivity (Wildman–Crippen MR) is 42.0 cm³/mol. The smallest absolute Gasteiger partial charge is 0.233 e. The number of aliphatic hydroxyl groups is 1. The van der Waals surface area contributed by atoms with Gasteiger partial charge in [0.25, 0.3) is 0 Å². The molecule has 0 spiro atoms. The Morgan fingerprint density at radius 2 is 2.08 bits per heavy atom. The van der Waals surface area contributed by atoms with E-state index >= 15 is 0 Å². The quantitative estimate of drug-likeness (QED) is 0.271. The highest BCUT2D eigenvalue weighted by molar-refractivity contribution is 4.29. The number of hydrogen-bond acceptors (Lipinski definition) is 4. The Morgan fingerprint density at radius 1 is 1.50 bits per heavy atom. The molecule has 0 aliphatic heterocycles. The van der Waals surface area contributed by atoms with Crippen LogP contribution in [-0.2, 0) is 4.84 Å². The lowest BCUT2D eigenvalue weighted by molar-refractivity contribution is -0.710. The van der Waals surface area contributed by atoms with E-state index in [9.17, 15) is 5.21 Å². The average molecular weight is 177 g/mol. The highest BCUT2D eigenvalue weighted by atomic mass is 16.7. The van der Waals surface area contributed by atoms with Crippen LogP contribution >= 0.6 is 0 Å². The molecule has 0 fully saturated rings. The van der Waals surface area contributed by atoms with Crippen molar-refractivity contribution < 1.29 is 14.9 Å². The molecule has 0 atom stereocenters. The zero-order valence-corrected chi connectivity index (χ0v) is 7.43. The Bertz CT molecular complexity index is 136. The minimum absolute atomic E-state index is 0.0417. The first-order valence-electron chi connectivity index (χ1n) is 3.92. The van der Waals surface area contributed by atoms with Crippen molar-refractivity contribution in [2.24, 2.45) is 5.28 Å². The molecule has 12 heavy (non-hydrogen) atoms. The van der Waals surface area contributed by atoms with Gasteiger partial charge in [-0.15, -0.1) is 5.01 Å². The van der Waals surface area contributed by atoms with Gasteiger partial charge in [-0.05, 0) is 13.8 Å². The van der Waals surface area contributed by atoms with Crippen molar-refractivity contribution in [3.63, 3.8) is 0 Å². The summed E-state index contributed by atoms with van der Waals surface area (Å²) in [7, 11) is 0. The molecule has 0 heterocycles. The van der Waals surface area contributed by atoms with E-state index in [1.165, 1.54) is 5.01 Å². The summed E-state index contributed by atoms with van der Waals surface area (Å²) in [5.74, 6) is 0. The molecular weight excluding hydrogens is 162 g/mol. The average Bonchev–Trinajstić information content (AvgIpc) is 2.07. The molecule has 0 radical (unpaired) electrons. The number of nitrogens with zero attached hydrogens (tertiary/aromatic N) is 3. The van der Waals surface area contributed by atoms with Gasteiger partial charge in [-0.1, -0.05) is 0 Å². The molecular formula is C6H15N3O3. The summed E-state index contributed by atoms with van der Waals surface area (Å²) in [6, 6.07) is 0. The maximum atomic E-state index is 10.9. The second kappa shape index (κ2) is 6.66. The zero-order chi connectivity index (χ0) is 9.40. The van der Waals surface area contributed by atoms with Gasteiger partial charge in [0.15, 0.2) is 0 Å². The van der Waals surface area contributed by atoms with Crippen molar-refractivity contribution >= 4 is 0 Å². The van der Waals surface area contributed by atoms with Crippen LogP contribution in [0.3, 0.4) is 0 Å². The lowest BCUT2D eigenvalue weighted by Crippen LogP contribution is -2.30. The topological polar surface area (TPSA) is 71.1 Å². The fraction of sp³-hybridized carbons (Fsp3) is 1.00. The highest BCUT2D eigenvalue weighted by Gasteiger charge is 2.05. The molecule has 0 saturated heterocycles. The standard InChI is InChI=1S/C6H15N3O3/c1-3-8(4-2)9(11)7-12-6-5-10/h10H,3-6H2,1-2H3/b9-7-. The molecule has 0 aromatic carbocycles. The summed E-state index contributed by atoms with van der Waals surface area (Å²) >= 11 is 0. The number of aliphatic hydroxyl groups excluding tert-OH is 1. The third-order valence-electron chi connectivity index (χ3n) is 1.28. The summed E-state index contributed by atoms with van der Waals surface area (Å²) in [5.41, 5.74) is 0. The summed E-state index contributed by atoms with van der Waals surface area (Å²) in [4.78, 5) is 4.86. The first-order chi connectivity index (χ1) is 5.76. The van der Waals surface area contributed by atoms with Gasteiger partial charge in [-0.3, -0.25) is 0 Å². The predicted octanol–water partition coefficient (Wildman–Crippen LogP) is 0.130. The highest BCUT2D eigenvalue weighted by Crippen LogP contribution is 1.89. The van der Waals surface area contributed by atoms with Gasteiger partial charge < -0.3 is 15.2 Å². The molecule has 6 heteroatoms.